The van der Waals surface area contributed by atoms with Crippen LogP contribution >= 0.6 is 11.6 Å². The number of aromatic nitrogens is 3. The van der Waals surface area contributed by atoms with Gasteiger partial charge in [0.2, 0.25) is 11.9 Å². The zero-order valence-electron chi connectivity index (χ0n) is 14.1. The molecule has 0 bridgehead atoms. The number of halogens is 1. The van der Waals surface area contributed by atoms with Gasteiger partial charge >= 0.3 is 0 Å². The predicted molar refractivity (Wildman–Crippen MR) is 93.6 cm³/mol. The van der Waals surface area contributed by atoms with Crippen LogP contribution in [0.1, 0.15) is 31.2 Å². The molecule has 7 heteroatoms. The Kier molecular flexibility index (Phi) is 5.60. The van der Waals surface area contributed by atoms with Gasteiger partial charge in [0.1, 0.15) is 11.6 Å². The minimum Gasteiger partial charge on any atom is -0.495 e. The lowest BCUT2D eigenvalue weighted by atomic mass is 10.2. The third-order valence-electron chi connectivity index (χ3n) is 3.22. The van der Waals surface area contributed by atoms with Gasteiger partial charge < -0.3 is 15.0 Å². The lowest BCUT2D eigenvalue weighted by Crippen LogP contribution is -2.17. The largest absolute Gasteiger partial charge is 0.495 e. The molecular formula is C16H22ClN5O. The summed E-state index contributed by atoms with van der Waals surface area (Å²) in [5.41, 5.74) is 1.02. The smallest absolute Gasteiger partial charge is 0.229 e. The van der Waals surface area contributed by atoms with E-state index in [2.05, 4.69) is 34.1 Å². The lowest BCUT2D eigenvalue weighted by molar-refractivity contribution is 0.415. The molecule has 0 aliphatic heterocycles. The van der Waals surface area contributed by atoms with Gasteiger partial charge in [-0.1, -0.05) is 31.5 Å². The Morgan fingerprint density at radius 1 is 1.22 bits per heavy atom. The van der Waals surface area contributed by atoms with Crippen LogP contribution in [0.4, 0.5) is 11.9 Å². The number of hydrogen-bond acceptors (Lipinski definition) is 6. The van der Waals surface area contributed by atoms with E-state index in [0.29, 0.717) is 29.2 Å². The summed E-state index contributed by atoms with van der Waals surface area (Å²) in [6.07, 6.45) is 0. The molecule has 0 radical (unpaired) electrons. The van der Waals surface area contributed by atoms with E-state index in [9.17, 15) is 0 Å². The Morgan fingerprint density at radius 3 is 2.52 bits per heavy atom. The van der Waals surface area contributed by atoms with Crippen molar-refractivity contribution in [1.29, 1.82) is 0 Å². The van der Waals surface area contributed by atoms with Gasteiger partial charge in [0.15, 0.2) is 0 Å². The molecule has 1 N–H and O–H groups in total. The minimum atomic E-state index is 0.229. The van der Waals surface area contributed by atoms with Crippen LogP contribution in [-0.2, 0) is 6.54 Å². The van der Waals surface area contributed by atoms with Crippen molar-refractivity contribution in [1.82, 2.24) is 15.0 Å². The van der Waals surface area contributed by atoms with Crippen molar-refractivity contribution in [2.75, 3.05) is 31.4 Å². The Bertz CT molecular complexity index is 649. The predicted octanol–water partition coefficient (Wildman–Crippen LogP) is 3.34. The molecule has 0 fully saturated rings. The Morgan fingerprint density at radius 2 is 1.96 bits per heavy atom. The van der Waals surface area contributed by atoms with E-state index in [4.69, 9.17) is 16.3 Å². The fraction of sp³-hybridized carbons (Fsp3) is 0.438. The summed E-state index contributed by atoms with van der Waals surface area (Å²) in [6.45, 7) is 4.68. The second-order valence-electron chi connectivity index (χ2n) is 5.69. The van der Waals surface area contributed by atoms with Gasteiger partial charge in [0.25, 0.3) is 0 Å². The summed E-state index contributed by atoms with van der Waals surface area (Å²) in [5, 5.41) is 3.81. The highest BCUT2D eigenvalue weighted by Crippen LogP contribution is 2.25. The maximum Gasteiger partial charge on any atom is 0.229 e. The van der Waals surface area contributed by atoms with Crippen molar-refractivity contribution in [2.45, 2.75) is 26.3 Å². The molecule has 1 aromatic heterocycles. The van der Waals surface area contributed by atoms with Gasteiger partial charge in [0.05, 0.1) is 12.1 Å². The van der Waals surface area contributed by atoms with Crippen LogP contribution in [0.5, 0.6) is 5.75 Å². The van der Waals surface area contributed by atoms with Gasteiger partial charge in [-0.3, -0.25) is 0 Å². The SMILES string of the molecule is COc1ccc(CNc2nc(C(C)C)nc(N(C)C)n2)cc1Cl. The third-order valence-corrected chi connectivity index (χ3v) is 3.52. The molecule has 1 heterocycles. The van der Waals surface area contributed by atoms with Crippen LogP contribution in [0.2, 0.25) is 5.02 Å². The number of hydrogen-bond donors (Lipinski definition) is 1. The van der Waals surface area contributed by atoms with Crippen molar-refractivity contribution < 1.29 is 4.74 Å². The summed E-state index contributed by atoms with van der Waals surface area (Å²) in [7, 11) is 5.42. The van der Waals surface area contributed by atoms with E-state index in [-0.39, 0.29) is 5.92 Å². The number of nitrogens with zero attached hydrogens (tertiary/aromatic N) is 4. The van der Waals surface area contributed by atoms with Crippen molar-refractivity contribution >= 4 is 23.5 Å². The van der Waals surface area contributed by atoms with Gasteiger partial charge in [-0.15, -0.1) is 0 Å². The molecule has 0 unspecified atom stereocenters. The summed E-state index contributed by atoms with van der Waals surface area (Å²) < 4.78 is 5.16. The maximum absolute atomic E-state index is 6.14. The first-order valence-electron chi connectivity index (χ1n) is 7.40. The monoisotopic (exact) mass is 335 g/mol. The molecule has 0 saturated carbocycles. The number of methoxy groups -OCH3 is 1. The molecule has 0 amide bonds. The van der Waals surface area contributed by atoms with Gasteiger partial charge in [-0.05, 0) is 17.7 Å². The van der Waals surface area contributed by atoms with Crippen molar-refractivity contribution in [3.8, 4) is 5.75 Å². The van der Waals surface area contributed by atoms with Crippen molar-refractivity contribution in [2.24, 2.45) is 0 Å². The van der Waals surface area contributed by atoms with Crippen LogP contribution in [0, 0.1) is 0 Å². The van der Waals surface area contributed by atoms with E-state index < -0.39 is 0 Å². The summed E-state index contributed by atoms with van der Waals surface area (Å²) in [6, 6.07) is 5.66. The fourth-order valence-electron chi connectivity index (χ4n) is 1.92. The first-order chi connectivity index (χ1) is 10.9. The first-order valence-corrected chi connectivity index (χ1v) is 7.78. The molecule has 2 aromatic rings. The molecular weight excluding hydrogens is 314 g/mol. The average Bonchev–Trinajstić information content (AvgIpc) is 2.52. The van der Waals surface area contributed by atoms with Crippen molar-refractivity contribution in [3.05, 3.63) is 34.6 Å². The van der Waals surface area contributed by atoms with Crippen LogP contribution in [-0.4, -0.2) is 36.2 Å². The topological polar surface area (TPSA) is 63.2 Å². The molecule has 6 nitrogen and oxygen atoms in total. The van der Waals surface area contributed by atoms with E-state index in [0.717, 1.165) is 11.4 Å². The highest BCUT2D eigenvalue weighted by molar-refractivity contribution is 6.32. The fourth-order valence-corrected chi connectivity index (χ4v) is 2.20. The second-order valence-corrected chi connectivity index (χ2v) is 6.10. The highest BCUT2D eigenvalue weighted by atomic mass is 35.5. The quantitative estimate of drug-likeness (QED) is 0.873. The average molecular weight is 336 g/mol. The molecule has 0 atom stereocenters. The maximum atomic E-state index is 6.14. The molecule has 0 aliphatic carbocycles. The Labute approximate surface area is 141 Å². The number of nitrogens with one attached hydrogen (secondary N) is 1. The van der Waals surface area contributed by atoms with E-state index in [1.54, 1.807) is 7.11 Å². The van der Waals surface area contributed by atoms with E-state index >= 15 is 0 Å². The zero-order valence-corrected chi connectivity index (χ0v) is 14.8. The second kappa shape index (κ2) is 7.46. The van der Waals surface area contributed by atoms with Crippen LogP contribution < -0.4 is 15.0 Å². The third kappa shape index (κ3) is 4.45. The van der Waals surface area contributed by atoms with Gasteiger partial charge in [0, 0.05) is 26.6 Å². The molecule has 0 aliphatic rings. The molecule has 0 spiro atoms. The van der Waals surface area contributed by atoms with Crippen molar-refractivity contribution in [3.63, 3.8) is 0 Å². The summed E-state index contributed by atoms with van der Waals surface area (Å²) in [5.74, 6) is 2.84. The molecule has 124 valence electrons. The number of benzene rings is 1. The first kappa shape index (κ1) is 17.3. The molecule has 2 rings (SSSR count). The Hall–Kier alpha value is -2.08. The van der Waals surface area contributed by atoms with Crippen LogP contribution in [0.15, 0.2) is 18.2 Å². The molecule has 23 heavy (non-hydrogen) atoms. The molecule has 0 saturated heterocycles. The van der Waals surface area contributed by atoms with Gasteiger partial charge in [-0.25, -0.2) is 0 Å². The lowest BCUT2D eigenvalue weighted by Gasteiger charge is -2.15. The van der Waals surface area contributed by atoms with Crippen LogP contribution in [0.3, 0.4) is 0 Å². The summed E-state index contributed by atoms with van der Waals surface area (Å²) >= 11 is 6.14. The van der Waals surface area contributed by atoms with E-state index in [1.807, 2.05) is 37.2 Å². The normalized spacial score (nSPS) is 10.7. The number of rotatable bonds is 6. The Balaban J connectivity index is 2.17. The number of ether oxygens (including phenoxy) is 1. The highest BCUT2D eigenvalue weighted by Gasteiger charge is 2.11. The van der Waals surface area contributed by atoms with Crippen LogP contribution in [0.25, 0.3) is 0 Å². The standard InChI is InChI=1S/C16H22ClN5O/c1-10(2)14-19-15(21-16(20-14)22(3)4)18-9-11-6-7-13(23-5)12(17)8-11/h6-8,10H,9H2,1-5H3,(H,18,19,20,21). The molecule has 1 aromatic carbocycles. The summed E-state index contributed by atoms with van der Waals surface area (Å²) in [4.78, 5) is 15.2. The van der Waals surface area contributed by atoms with Gasteiger partial charge in [-0.2, -0.15) is 15.0 Å². The number of anilines is 2. The van der Waals surface area contributed by atoms with E-state index in [1.165, 1.54) is 0 Å². The minimum absolute atomic E-state index is 0.229. The zero-order chi connectivity index (χ0) is 17.0.